The molecule has 6 heteroatoms. The third kappa shape index (κ3) is 3.88. The van der Waals surface area contributed by atoms with Crippen LogP contribution in [-0.4, -0.2) is 36.3 Å². The number of amides is 1. The number of hydrogen-bond acceptors (Lipinski definition) is 4. The second kappa shape index (κ2) is 8.30. The zero-order valence-electron chi connectivity index (χ0n) is 17.2. The summed E-state index contributed by atoms with van der Waals surface area (Å²) in [6, 6.07) is 10.6. The summed E-state index contributed by atoms with van der Waals surface area (Å²) in [5, 5.41) is 12.8. The molecule has 6 nitrogen and oxygen atoms in total. The molecule has 0 radical (unpaired) electrons. The molecule has 2 aliphatic rings. The number of nitrogens with zero attached hydrogens (tertiary/aromatic N) is 3. The summed E-state index contributed by atoms with van der Waals surface area (Å²) in [4.78, 5) is 15.1. The third-order valence-corrected chi connectivity index (χ3v) is 6.15. The summed E-state index contributed by atoms with van der Waals surface area (Å²) in [6.45, 7) is 6.54. The van der Waals surface area contributed by atoms with Crippen LogP contribution in [0.1, 0.15) is 41.6 Å². The molecule has 29 heavy (non-hydrogen) atoms. The molecular weight excluding hydrogens is 364 g/mol. The van der Waals surface area contributed by atoms with Crippen LogP contribution in [0.3, 0.4) is 0 Å². The minimum absolute atomic E-state index is 0.0932. The van der Waals surface area contributed by atoms with Gasteiger partial charge in [0, 0.05) is 24.5 Å². The number of anilines is 2. The number of fused-ring (bicyclic) bond motifs is 1. The summed E-state index contributed by atoms with van der Waals surface area (Å²) in [6.07, 6.45) is 4.30. The van der Waals surface area contributed by atoms with Crippen LogP contribution in [0, 0.1) is 25.2 Å². The Balaban J connectivity index is 1.55. The largest absolute Gasteiger partial charge is 0.376 e. The van der Waals surface area contributed by atoms with E-state index in [4.69, 9.17) is 4.74 Å². The SMILES string of the molecule is Cc1c(C#N)c(NC(=O)CN2CCCc3ccccc32)n(CC2CCCO2)c1C. The molecule has 1 amide bonds. The molecule has 152 valence electrons. The first-order chi connectivity index (χ1) is 14.1. The lowest BCUT2D eigenvalue weighted by atomic mass is 10.0. The Labute approximate surface area is 172 Å². The average molecular weight is 393 g/mol. The smallest absolute Gasteiger partial charge is 0.245 e. The number of nitriles is 1. The summed E-state index contributed by atoms with van der Waals surface area (Å²) in [5.41, 5.74) is 4.90. The highest BCUT2D eigenvalue weighted by Crippen LogP contribution is 2.29. The lowest BCUT2D eigenvalue weighted by Gasteiger charge is -2.30. The van der Waals surface area contributed by atoms with E-state index in [1.165, 1.54) is 5.56 Å². The van der Waals surface area contributed by atoms with Crippen molar-refractivity contribution in [3.05, 3.63) is 46.6 Å². The Morgan fingerprint density at radius 2 is 2.14 bits per heavy atom. The zero-order valence-corrected chi connectivity index (χ0v) is 17.2. The lowest BCUT2D eigenvalue weighted by Crippen LogP contribution is -2.37. The number of aryl methyl sites for hydroxylation is 1. The first-order valence-electron chi connectivity index (χ1n) is 10.4. The second-order valence-corrected chi connectivity index (χ2v) is 7.99. The van der Waals surface area contributed by atoms with E-state index < -0.39 is 0 Å². The molecule has 1 saturated heterocycles. The van der Waals surface area contributed by atoms with Gasteiger partial charge in [-0.25, -0.2) is 0 Å². The van der Waals surface area contributed by atoms with Gasteiger partial charge >= 0.3 is 0 Å². The number of carbonyl (C=O) groups is 1. The van der Waals surface area contributed by atoms with Crippen LogP contribution in [0.25, 0.3) is 0 Å². The molecule has 3 heterocycles. The van der Waals surface area contributed by atoms with Gasteiger partial charge in [-0.05, 0) is 56.7 Å². The van der Waals surface area contributed by atoms with Gasteiger partial charge in [0.15, 0.2) is 0 Å². The van der Waals surface area contributed by atoms with Crippen LogP contribution in [0.15, 0.2) is 24.3 Å². The third-order valence-electron chi connectivity index (χ3n) is 6.15. The number of hydrogen-bond donors (Lipinski definition) is 1. The molecule has 1 N–H and O–H groups in total. The van der Waals surface area contributed by atoms with Crippen LogP contribution >= 0.6 is 0 Å². The first-order valence-corrected chi connectivity index (χ1v) is 10.4. The fourth-order valence-corrected chi connectivity index (χ4v) is 4.47. The van der Waals surface area contributed by atoms with E-state index >= 15 is 0 Å². The number of carbonyl (C=O) groups excluding carboxylic acids is 1. The predicted octanol–water partition coefficient (Wildman–Crippen LogP) is 3.55. The lowest BCUT2D eigenvalue weighted by molar-refractivity contribution is -0.115. The normalized spacial score (nSPS) is 18.4. The highest BCUT2D eigenvalue weighted by Gasteiger charge is 2.25. The van der Waals surface area contributed by atoms with Crippen molar-refractivity contribution in [2.75, 3.05) is 29.9 Å². The minimum Gasteiger partial charge on any atom is -0.376 e. The number of benzene rings is 1. The molecule has 0 saturated carbocycles. The highest BCUT2D eigenvalue weighted by atomic mass is 16.5. The van der Waals surface area contributed by atoms with Crippen molar-refractivity contribution in [2.45, 2.75) is 52.2 Å². The van der Waals surface area contributed by atoms with Crippen LogP contribution in [0.4, 0.5) is 11.5 Å². The predicted molar refractivity (Wildman–Crippen MR) is 113 cm³/mol. The van der Waals surface area contributed by atoms with Crippen molar-refractivity contribution < 1.29 is 9.53 Å². The summed E-state index contributed by atoms with van der Waals surface area (Å²) < 4.78 is 7.84. The number of aromatic nitrogens is 1. The van der Waals surface area contributed by atoms with Crippen molar-refractivity contribution >= 4 is 17.4 Å². The molecule has 4 rings (SSSR count). The zero-order chi connectivity index (χ0) is 20.4. The molecule has 0 aliphatic carbocycles. The minimum atomic E-state index is -0.0932. The molecule has 1 fully saturated rings. The quantitative estimate of drug-likeness (QED) is 0.845. The summed E-state index contributed by atoms with van der Waals surface area (Å²) in [7, 11) is 0. The molecule has 0 bridgehead atoms. The van der Waals surface area contributed by atoms with E-state index in [9.17, 15) is 10.1 Å². The molecule has 1 unspecified atom stereocenters. The van der Waals surface area contributed by atoms with E-state index in [1.807, 2.05) is 30.5 Å². The van der Waals surface area contributed by atoms with Gasteiger partial charge in [0.05, 0.1) is 24.8 Å². The van der Waals surface area contributed by atoms with Crippen molar-refractivity contribution in [1.82, 2.24) is 4.57 Å². The van der Waals surface area contributed by atoms with E-state index in [2.05, 4.69) is 28.4 Å². The maximum absolute atomic E-state index is 13.0. The van der Waals surface area contributed by atoms with E-state index in [-0.39, 0.29) is 18.6 Å². The van der Waals surface area contributed by atoms with E-state index in [0.717, 1.165) is 55.8 Å². The van der Waals surface area contributed by atoms with Crippen LogP contribution in [0.2, 0.25) is 0 Å². The molecule has 0 spiro atoms. The Bertz CT molecular complexity index is 951. The second-order valence-electron chi connectivity index (χ2n) is 7.99. The number of rotatable bonds is 5. The van der Waals surface area contributed by atoms with Crippen LogP contribution in [0.5, 0.6) is 0 Å². The summed E-state index contributed by atoms with van der Waals surface area (Å²) >= 11 is 0. The molecule has 1 aromatic heterocycles. The van der Waals surface area contributed by atoms with E-state index in [0.29, 0.717) is 17.9 Å². The van der Waals surface area contributed by atoms with Gasteiger partial charge < -0.3 is 19.5 Å². The Hall–Kier alpha value is -2.78. The van der Waals surface area contributed by atoms with Crippen LogP contribution < -0.4 is 10.2 Å². The van der Waals surface area contributed by atoms with Crippen molar-refractivity contribution in [3.8, 4) is 6.07 Å². The van der Waals surface area contributed by atoms with Gasteiger partial charge in [0.2, 0.25) is 5.91 Å². The van der Waals surface area contributed by atoms with Crippen LogP contribution in [-0.2, 0) is 22.5 Å². The molecule has 2 aromatic rings. The number of nitrogens with one attached hydrogen (secondary N) is 1. The van der Waals surface area contributed by atoms with E-state index in [1.54, 1.807) is 0 Å². The number of para-hydroxylation sites is 1. The standard InChI is InChI=1S/C23H28N4O2/c1-16-17(2)27(14-19-9-6-12-29-19)23(20(16)13-24)25-22(28)15-26-11-5-8-18-7-3-4-10-21(18)26/h3-4,7,10,19H,5-6,8-9,11-12,14-15H2,1-2H3,(H,25,28). The van der Waals surface area contributed by atoms with Gasteiger partial charge in [0.1, 0.15) is 11.9 Å². The maximum Gasteiger partial charge on any atom is 0.245 e. The fourth-order valence-electron chi connectivity index (χ4n) is 4.47. The van der Waals surface area contributed by atoms with Gasteiger partial charge in [-0.2, -0.15) is 5.26 Å². The van der Waals surface area contributed by atoms with Gasteiger partial charge in [0.25, 0.3) is 0 Å². The molecule has 1 aromatic carbocycles. The molecule has 2 aliphatic heterocycles. The molecular formula is C23H28N4O2. The Kier molecular flexibility index (Phi) is 5.59. The highest BCUT2D eigenvalue weighted by molar-refractivity contribution is 5.95. The van der Waals surface area contributed by atoms with Gasteiger partial charge in [-0.3, -0.25) is 4.79 Å². The first kappa shape index (κ1) is 19.5. The van der Waals surface area contributed by atoms with Crippen molar-refractivity contribution in [2.24, 2.45) is 0 Å². The average Bonchev–Trinajstić information content (AvgIpc) is 3.31. The van der Waals surface area contributed by atoms with Crippen molar-refractivity contribution in [3.63, 3.8) is 0 Å². The molecule has 1 atom stereocenters. The Morgan fingerprint density at radius 1 is 1.31 bits per heavy atom. The monoisotopic (exact) mass is 392 g/mol. The van der Waals surface area contributed by atoms with Gasteiger partial charge in [-0.15, -0.1) is 0 Å². The van der Waals surface area contributed by atoms with Crippen molar-refractivity contribution in [1.29, 1.82) is 5.26 Å². The Morgan fingerprint density at radius 3 is 2.90 bits per heavy atom. The number of ether oxygens (including phenoxy) is 1. The summed E-state index contributed by atoms with van der Waals surface area (Å²) in [5.74, 6) is 0.512. The topological polar surface area (TPSA) is 70.3 Å². The maximum atomic E-state index is 13.0. The van der Waals surface area contributed by atoms with Gasteiger partial charge in [-0.1, -0.05) is 18.2 Å². The fraction of sp³-hybridized carbons (Fsp3) is 0.478.